The number of sulfonamides is 1. The average molecular weight is 328 g/mol. The van der Waals surface area contributed by atoms with E-state index < -0.39 is 10.0 Å². The number of rotatable bonds is 3. The predicted molar refractivity (Wildman–Crippen MR) is 82.7 cm³/mol. The van der Waals surface area contributed by atoms with Crippen LogP contribution in [0.25, 0.3) is 0 Å². The van der Waals surface area contributed by atoms with Gasteiger partial charge in [-0.3, -0.25) is 4.79 Å². The highest BCUT2D eigenvalue weighted by Gasteiger charge is 2.30. The highest BCUT2D eigenvalue weighted by atomic mass is 32.2. The Morgan fingerprint density at radius 2 is 1.91 bits per heavy atom. The molecule has 2 rings (SSSR count). The maximum atomic E-state index is 12.7. The van der Waals surface area contributed by atoms with Crippen molar-refractivity contribution in [1.82, 2.24) is 18.8 Å². The molecule has 22 heavy (non-hydrogen) atoms. The van der Waals surface area contributed by atoms with Crippen molar-refractivity contribution in [2.75, 3.05) is 26.2 Å². The van der Waals surface area contributed by atoms with Gasteiger partial charge in [0.2, 0.25) is 5.91 Å². The third kappa shape index (κ3) is 3.33. The fraction of sp³-hybridized carbons (Fsp3) is 0.714. The van der Waals surface area contributed by atoms with Gasteiger partial charge in [-0.1, -0.05) is 13.8 Å². The van der Waals surface area contributed by atoms with Gasteiger partial charge >= 0.3 is 0 Å². The SMILES string of the molecule is Cc1nc(S(=O)(=O)N2CCCN(C(=O)C(C)C)CC2)cn1C. The summed E-state index contributed by atoms with van der Waals surface area (Å²) < 4.78 is 28.5. The number of carbonyl (C=O) groups is 1. The van der Waals surface area contributed by atoms with Crippen LogP contribution >= 0.6 is 0 Å². The molecular formula is C14H24N4O3S. The van der Waals surface area contributed by atoms with E-state index in [0.717, 1.165) is 0 Å². The van der Waals surface area contributed by atoms with Crippen LogP contribution in [0.15, 0.2) is 11.2 Å². The molecule has 1 saturated heterocycles. The first-order chi connectivity index (χ1) is 10.2. The van der Waals surface area contributed by atoms with Crippen LogP contribution in [-0.4, -0.2) is 59.3 Å². The molecule has 1 aromatic rings. The van der Waals surface area contributed by atoms with E-state index in [-0.39, 0.29) is 16.9 Å². The third-order valence-electron chi connectivity index (χ3n) is 3.95. The molecule has 1 aliphatic heterocycles. The maximum Gasteiger partial charge on any atom is 0.262 e. The molecule has 1 aliphatic rings. The monoisotopic (exact) mass is 328 g/mol. The fourth-order valence-electron chi connectivity index (χ4n) is 2.50. The van der Waals surface area contributed by atoms with Crippen molar-refractivity contribution in [3.63, 3.8) is 0 Å². The van der Waals surface area contributed by atoms with Gasteiger partial charge in [-0.25, -0.2) is 13.4 Å². The van der Waals surface area contributed by atoms with E-state index in [1.165, 1.54) is 10.5 Å². The minimum atomic E-state index is -3.59. The van der Waals surface area contributed by atoms with E-state index >= 15 is 0 Å². The number of aromatic nitrogens is 2. The number of nitrogens with zero attached hydrogens (tertiary/aromatic N) is 4. The van der Waals surface area contributed by atoms with Crippen molar-refractivity contribution >= 4 is 15.9 Å². The lowest BCUT2D eigenvalue weighted by Gasteiger charge is -2.23. The highest BCUT2D eigenvalue weighted by Crippen LogP contribution is 2.17. The van der Waals surface area contributed by atoms with Crippen molar-refractivity contribution in [3.05, 3.63) is 12.0 Å². The summed E-state index contributed by atoms with van der Waals surface area (Å²) in [6.45, 7) is 7.25. The van der Waals surface area contributed by atoms with Crippen LogP contribution in [-0.2, 0) is 21.9 Å². The van der Waals surface area contributed by atoms with E-state index in [2.05, 4.69) is 4.98 Å². The molecule has 1 aromatic heterocycles. The Hall–Kier alpha value is -1.41. The Morgan fingerprint density at radius 3 is 2.45 bits per heavy atom. The van der Waals surface area contributed by atoms with Gasteiger partial charge in [0.25, 0.3) is 10.0 Å². The molecule has 0 saturated carbocycles. The first-order valence-electron chi connectivity index (χ1n) is 7.52. The van der Waals surface area contributed by atoms with Crippen LogP contribution in [0.2, 0.25) is 0 Å². The topological polar surface area (TPSA) is 75.5 Å². The molecule has 0 aromatic carbocycles. The second-order valence-electron chi connectivity index (χ2n) is 5.97. The standard InChI is InChI=1S/C14H24N4O3S/c1-11(2)14(19)17-6-5-7-18(9-8-17)22(20,21)13-10-16(4)12(3)15-13/h10-11H,5-9H2,1-4H3. The molecule has 0 bridgehead atoms. The molecule has 2 heterocycles. The summed E-state index contributed by atoms with van der Waals surface area (Å²) in [5, 5.41) is 0.0798. The van der Waals surface area contributed by atoms with Crippen LogP contribution < -0.4 is 0 Å². The third-order valence-corrected chi connectivity index (χ3v) is 5.72. The molecule has 0 spiro atoms. The van der Waals surface area contributed by atoms with Crippen LogP contribution in [0.4, 0.5) is 0 Å². The molecule has 0 N–H and O–H groups in total. The molecule has 124 valence electrons. The second kappa shape index (κ2) is 6.37. The Morgan fingerprint density at radius 1 is 1.23 bits per heavy atom. The smallest absolute Gasteiger partial charge is 0.262 e. The lowest BCUT2D eigenvalue weighted by molar-refractivity contribution is -0.134. The van der Waals surface area contributed by atoms with E-state index in [4.69, 9.17) is 0 Å². The minimum absolute atomic E-state index is 0.0680. The van der Waals surface area contributed by atoms with E-state index in [9.17, 15) is 13.2 Å². The van der Waals surface area contributed by atoms with Gasteiger partial charge in [0.1, 0.15) is 5.82 Å². The van der Waals surface area contributed by atoms with Gasteiger partial charge in [0, 0.05) is 45.3 Å². The highest BCUT2D eigenvalue weighted by molar-refractivity contribution is 7.89. The Bertz CT molecular complexity index is 632. The largest absolute Gasteiger partial charge is 0.341 e. The van der Waals surface area contributed by atoms with Crippen LogP contribution in [0.5, 0.6) is 0 Å². The van der Waals surface area contributed by atoms with Gasteiger partial charge in [0.05, 0.1) is 0 Å². The van der Waals surface area contributed by atoms with Crippen molar-refractivity contribution in [3.8, 4) is 0 Å². The van der Waals surface area contributed by atoms with Crippen LogP contribution in [0.3, 0.4) is 0 Å². The van der Waals surface area contributed by atoms with Crippen LogP contribution in [0.1, 0.15) is 26.1 Å². The second-order valence-corrected chi connectivity index (χ2v) is 7.86. The molecule has 1 fully saturated rings. The quantitative estimate of drug-likeness (QED) is 0.814. The van der Waals surface area contributed by atoms with Gasteiger partial charge in [-0.15, -0.1) is 0 Å². The van der Waals surface area contributed by atoms with Crippen molar-refractivity contribution < 1.29 is 13.2 Å². The zero-order valence-electron chi connectivity index (χ0n) is 13.6. The summed E-state index contributed by atoms with van der Waals surface area (Å²) in [6.07, 6.45) is 2.18. The summed E-state index contributed by atoms with van der Waals surface area (Å²) in [4.78, 5) is 17.9. The molecule has 7 nitrogen and oxygen atoms in total. The summed E-state index contributed by atoms with van der Waals surface area (Å²) >= 11 is 0. The summed E-state index contributed by atoms with van der Waals surface area (Å²) in [5.74, 6) is 0.666. The average Bonchev–Trinajstić information content (AvgIpc) is 2.68. The summed E-state index contributed by atoms with van der Waals surface area (Å²) in [6, 6.07) is 0. The number of hydrogen-bond acceptors (Lipinski definition) is 4. The Kier molecular flexibility index (Phi) is 4.91. The number of imidazole rings is 1. The summed E-state index contributed by atoms with van der Waals surface area (Å²) in [5.41, 5.74) is 0. The number of carbonyl (C=O) groups excluding carboxylic acids is 1. The minimum Gasteiger partial charge on any atom is -0.341 e. The lowest BCUT2D eigenvalue weighted by Crippen LogP contribution is -2.39. The number of hydrogen-bond donors (Lipinski definition) is 0. The normalized spacial score (nSPS) is 17.8. The van der Waals surface area contributed by atoms with Crippen LogP contribution in [0, 0.1) is 12.8 Å². The van der Waals surface area contributed by atoms with Gasteiger partial charge in [-0.05, 0) is 13.3 Å². The van der Waals surface area contributed by atoms with Crippen molar-refractivity contribution in [1.29, 1.82) is 0 Å². The Balaban J connectivity index is 2.15. The molecule has 0 atom stereocenters. The lowest BCUT2D eigenvalue weighted by atomic mass is 10.2. The maximum absolute atomic E-state index is 12.7. The van der Waals surface area contributed by atoms with E-state index in [1.807, 2.05) is 13.8 Å². The van der Waals surface area contributed by atoms with Crippen molar-refractivity contribution in [2.45, 2.75) is 32.2 Å². The predicted octanol–water partition coefficient (Wildman–Crippen LogP) is 0.608. The number of amides is 1. The fourth-order valence-corrected chi connectivity index (χ4v) is 4.00. The first-order valence-corrected chi connectivity index (χ1v) is 8.96. The molecule has 0 unspecified atom stereocenters. The van der Waals surface area contributed by atoms with Gasteiger partial charge in [0.15, 0.2) is 5.03 Å². The number of aryl methyl sites for hydroxylation is 2. The Labute approximate surface area is 132 Å². The summed E-state index contributed by atoms with van der Waals surface area (Å²) in [7, 11) is -1.82. The molecular weight excluding hydrogens is 304 g/mol. The van der Waals surface area contributed by atoms with Gasteiger partial charge < -0.3 is 9.47 Å². The molecule has 8 heteroatoms. The van der Waals surface area contributed by atoms with E-state index in [1.54, 1.807) is 23.4 Å². The van der Waals surface area contributed by atoms with Gasteiger partial charge in [-0.2, -0.15) is 4.31 Å². The van der Waals surface area contributed by atoms with Crippen molar-refractivity contribution in [2.24, 2.45) is 13.0 Å². The first kappa shape index (κ1) is 17.0. The zero-order valence-corrected chi connectivity index (χ0v) is 14.4. The zero-order chi connectivity index (χ0) is 16.5. The molecule has 0 aliphatic carbocycles. The van der Waals surface area contributed by atoms with E-state index in [0.29, 0.717) is 38.4 Å². The molecule has 1 amide bonds. The molecule has 0 radical (unpaired) electrons.